The molecule has 1 heterocycles. The Morgan fingerprint density at radius 2 is 1.90 bits per heavy atom. The van der Waals surface area contributed by atoms with Gasteiger partial charge < -0.3 is 15.7 Å². The van der Waals surface area contributed by atoms with E-state index in [0.717, 1.165) is 42.5 Å². The summed E-state index contributed by atoms with van der Waals surface area (Å²) >= 11 is 3.45. The molecule has 1 aliphatic carbocycles. The van der Waals surface area contributed by atoms with Crippen LogP contribution in [0.1, 0.15) is 46.5 Å². The summed E-state index contributed by atoms with van der Waals surface area (Å²) in [6.45, 7) is 7.84. The molecule has 1 aromatic heterocycles. The highest BCUT2D eigenvalue weighted by Gasteiger charge is 2.36. The van der Waals surface area contributed by atoms with Crippen LogP contribution in [0.15, 0.2) is 10.7 Å². The predicted octanol–water partition coefficient (Wildman–Crippen LogP) is 3.41. The molecule has 0 radical (unpaired) electrons. The van der Waals surface area contributed by atoms with Crippen LogP contribution >= 0.6 is 15.9 Å². The van der Waals surface area contributed by atoms with Crippen LogP contribution in [0.25, 0.3) is 0 Å². The summed E-state index contributed by atoms with van der Waals surface area (Å²) in [6, 6.07) is 0. The monoisotopic (exact) mass is 356 g/mol. The number of aromatic nitrogens is 2. The lowest BCUT2D eigenvalue weighted by atomic mass is 9.71. The van der Waals surface area contributed by atoms with Crippen LogP contribution in [0.4, 0.5) is 11.8 Å². The van der Waals surface area contributed by atoms with Gasteiger partial charge in [-0.2, -0.15) is 4.98 Å². The molecule has 21 heavy (non-hydrogen) atoms. The van der Waals surface area contributed by atoms with Crippen molar-refractivity contribution in [1.29, 1.82) is 0 Å². The zero-order valence-electron chi connectivity index (χ0n) is 13.0. The number of anilines is 2. The highest BCUT2D eigenvalue weighted by atomic mass is 79.9. The van der Waals surface area contributed by atoms with Gasteiger partial charge in [-0.3, -0.25) is 0 Å². The van der Waals surface area contributed by atoms with E-state index in [4.69, 9.17) is 0 Å². The summed E-state index contributed by atoms with van der Waals surface area (Å²) in [7, 11) is 0. The molecular weight excluding hydrogens is 332 g/mol. The third kappa shape index (κ3) is 4.54. The number of hydrogen-bond donors (Lipinski definition) is 3. The number of rotatable bonds is 5. The van der Waals surface area contributed by atoms with Gasteiger partial charge in [0.25, 0.3) is 0 Å². The lowest BCUT2D eigenvalue weighted by Crippen LogP contribution is -2.42. The van der Waals surface area contributed by atoms with Gasteiger partial charge >= 0.3 is 0 Å². The van der Waals surface area contributed by atoms with Crippen molar-refractivity contribution < 1.29 is 5.11 Å². The van der Waals surface area contributed by atoms with Crippen LogP contribution in [-0.4, -0.2) is 33.8 Å². The Kier molecular flexibility index (Phi) is 5.09. The van der Waals surface area contributed by atoms with Gasteiger partial charge in [0.2, 0.25) is 5.95 Å². The molecule has 118 valence electrons. The molecule has 0 bridgehead atoms. The Labute approximate surface area is 135 Å². The van der Waals surface area contributed by atoms with Crippen molar-refractivity contribution in [3.63, 3.8) is 0 Å². The maximum absolute atomic E-state index is 10.7. The van der Waals surface area contributed by atoms with Gasteiger partial charge in [-0.15, -0.1) is 0 Å². The van der Waals surface area contributed by atoms with E-state index in [1.807, 2.05) is 6.92 Å². The number of nitrogens with one attached hydrogen (secondary N) is 2. The highest BCUT2D eigenvalue weighted by molar-refractivity contribution is 9.10. The first-order chi connectivity index (χ1) is 9.84. The fourth-order valence-electron chi connectivity index (χ4n) is 2.55. The van der Waals surface area contributed by atoms with E-state index in [0.29, 0.717) is 17.9 Å². The summed E-state index contributed by atoms with van der Waals surface area (Å²) in [5, 5.41) is 17.0. The second kappa shape index (κ2) is 6.48. The fraction of sp³-hybridized carbons (Fsp3) is 0.733. The average Bonchev–Trinajstić information content (AvgIpc) is 2.44. The van der Waals surface area contributed by atoms with Crippen molar-refractivity contribution in [3.8, 4) is 0 Å². The fourth-order valence-corrected chi connectivity index (χ4v) is 2.88. The molecule has 3 N–H and O–H groups in total. The van der Waals surface area contributed by atoms with Crippen molar-refractivity contribution in [3.05, 3.63) is 10.7 Å². The van der Waals surface area contributed by atoms with Gasteiger partial charge in [0.1, 0.15) is 5.82 Å². The predicted molar refractivity (Wildman–Crippen MR) is 89.6 cm³/mol. The Balaban J connectivity index is 1.98. The summed E-state index contributed by atoms with van der Waals surface area (Å²) < 4.78 is 0.809. The van der Waals surface area contributed by atoms with Crippen LogP contribution in [0, 0.1) is 5.41 Å². The summed E-state index contributed by atoms with van der Waals surface area (Å²) in [5.41, 5.74) is -0.293. The number of hydrogen-bond acceptors (Lipinski definition) is 5. The zero-order chi connectivity index (χ0) is 15.5. The molecule has 0 unspecified atom stereocenters. The molecule has 1 aliphatic rings. The quantitative estimate of drug-likeness (QED) is 0.753. The van der Waals surface area contributed by atoms with E-state index >= 15 is 0 Å². The maximum atomic E-state index is 10.7. The van der Waals surface area contributed by atoms with Crippen LogP contribution in [0.5, 0.6) is 0 Å². The molecule has 0 spiro atoms. The Morgan fingerprint density at radius 3 is 2.52 bits per heavy atom. The third-order valence-electron chi connectivity index (χ3n) is 4.20. The van der Waals surface area contributed by atoms with Gasteiger partial charge in [-0.1, -0.05) is 13.8 Å². The van der Waals surface area contributed by atoms with Crippen LogP contribution in [0.2, 0.25) is 0 Å². The molecule has 0 aliphatic heterocycles. The first-order valence-corrected chi connectivity index (χ1v) is 8.36. The van der Waals surface area contributed by atoms with Crippen molar-refractivity contribution in [2.75, 3.05) is 23.7 Å². The van der Waals surface area contributed by atoms with Crippen molar-refractivity contribution in [2.45, 2.75) is 52.1 Å². The van der Waals surface area contributed by atoms with E-state index in [1.54, 1.807) is 6.20 Å². The third-order valence-corrected chi connectivity index (χ3v) is 4.78. The SMILES string of the molecule is CCNc1ncc(Br)c(NCC2(O)CCC(C)(C)CC2)n1. The van der Waals surface area contributed by atoms with E-state index in [-0.39, 0.29) is 0 Å². The minimum atomic E-state index is -0.641. The minimum absolute atomic E-state index is 0.347. The van der Waals surface area contributed by atoms with Crippen LogP contribution in [-0.2, 0) is 0 Å². The Morgan fingerprint density at radius 1 is 1.24 bits per heavy atom. The largest absolute Gasteiger partial charge is 0.388 e. The molecule has 2 rings (SSSR count). The molecule has 1 fully saturated rings. The Hall–Kier alpha value is -0.880. The molecule has 5 nitrogen and oxygen atoms in total. The highest BCUT2D eigenvalue weighted by Crippen LogP contribution is 2.40. The van der Waals surface area contributed by atoms with Crippen molar-refractivity contribution in [1.82, 2.24) is 9.97 Å². The van der Waals surface area contributed by atoms with Gasteiger partial charge in [0.15, 0.2) is 0 Å². The second-order valence-electron chi connectivity index (χ2n) is 6.66. The minimum Gasteiger partial charge on any atom is -0.388 e. The molecule has 0 saturated heterocycles. The normalized spacial score (nSPS) is 20.0. The molecular formula is C15H25BrN4O. The standard InChI is InChI=1S/C15H25BrN4O/c1-4-17-13-18-9-11(16)12(20-13)19-10-15(21)7-5-14(2,3)6-8-15/h9,21H,4-8,10H2,1-3H3,(H2,17,18,19,20). The molecule has 0 amide bonds. The van der Waals surface area contributed by atoms with Crippen LogP contribution in [0.3, 0.4) is 0 Å². The van der Waals surface area contributed by atoms with E-state index in [1.165, 1.54) is 0 Å². The molecule has 0 atom stereocenters. The lowest BCUT2D eigenvalue weighted by Gasteiger charge is -2.40. The van der Waals surface area contributed by atoms with Crippen molar-refractivity contribution >= 4 is 27.7 Å². The van der Waals surface area contributed by atoms with Crippen LogP contribution < -0.4 is 10.6 Å². The zero-order valence-corrected chi connectivity index (χ0v) is 14.6. The van der Waals surface area contributed by atoms with Gasteiger partial charge in [-0.05, 0) is 54.0 Å². The second-order valence-corrected chi connectivity index (χ2v) is 7.52. The summed E-state index contributed by atoms with van der Waals surface area (Å²) in [4.78, 5) is 8.60. The molecule has 1 aromatic rings. The lowest BCUT2D eigenvalue weighted by molar-refractivity contribution is -0.0146. The smallest absolute Gasteiger partial charge is 0.224 e. The number of aliphatic hydroxyl groups is 1. The van der Waals surface area contributed by atoms with Crippen molar-refractivity contribution in [2.24, 2.45) is 5.41 Å². The van der Waals surface area contributed by atoms with Gasteiger partial charge in [0.05, 0.1) is 10.1 Å². The summed E-state index contributed by atoms with van der Waals surface area (Å²) in [5.74, 6) is 1.32. The molecule has 0 aromatic carbocycles. The topological polar surface area (TPSA) is 70.1 Å². The van der Waals surface area contributed by atoms with E-state index in [2.05, 4.69) is 50.4 Å². The number of nitrogens with zero attached hydrogens (tertiary/aromatic N) is 2. The molecule has 1 saturated carbocycles. The maximum Gasteiger partial charge on any atom is 0.224 e. The van der Waals surface area contributed by atoms with Gasteiger partial charge in [0, 0.05) is 19.3 Å². The summed E-state index contributed by atoms with van der Waals surface area (Å²) in [6.07, 6.45) is 5.49. The average molecular weight is 357 g/mol. The molecule has 6 heteroatoms. The number of halogens is 1. The first-order valence-electron chi connectivity index (χ1n) is 7.56. The Bertz CT molecular complexity index is 483. The van der Waals surface area contributed by atoms with E-state index < -0.39 is 5.60 Å². The van der Waals surface area contributed by atoms with E-state index in [9.17, 15) is 5.11 Å². The van der Waals surface area contributed by atoms with Gasteiger partial charge in [-0.25, -0.2) is 4.98 Å². The first kappa shape index (κ1) is 16.5.